The van der Waals surface area contributed by atoms with Crippen molar-refractivity contribution in [2.75, 3.05) is 6.61 Å². The molecule has 33 heavy (non-hydrogen) atoms. The monoisotopic (exact) mass is 484 g/mol. The number of carbonyl (C=O) groups excluding carboxylic acids is 1. The highest BCUT2D eigenvalue weighted by molar-refractivity contribution is 6.32. The van der Waals surface area contributed by atoms with E-state index in [0.717, 1.165) is 22.3 Å². The molecule has 1 amide bonds. The highest BCUT2D eigenvalue weighted by Crippen LogP contribution is 2.37. The summed E-state index contributed by atoms with van der Waals surface area (Å²) in [5, 5.41) is 5.05. The molecule has 0 fully saturated rings. The highest BCUT2D eigenvalue weighted by Gasteiger charge is 2.13. The number of rotatable bonds is 9. The minimum absolute atomic E-state index is 0.200. The Morgan fingerprint density at radius 2 is 1.79 bits per heavy atom. The number of benzene rings is 3. The van der Waals surface area contributed by atoms with Gasteiger partial charge in [0.1, 0.15) is 6.61 Å². The third-order valence-corrected chi connectivity index (χ3v) is 5.56. The van der Waals surface area contributed by atoms with Gasteiger partial charge in [-0.05, 0) is 55.7 Å². The molecule has 0 aliphatic carbocycles. The van der Waals surface area contributed by atoms with E-state index in [-0.39, 0.29) is 18.9 Å². The van der Waals surface area contributed by atoms with Gasteiger partial charge in [-0.3, -0.25) is 4.79 Å². The van der Waals surface area contributed by atoms with Gasteiger partial charge in [0, 0.05) is 10.6 Å². The fraction of sp³-hybridized carbons (Fsp3) is 0.231. The summed E-state index contributed by atoms with van der Waals surface area (Å²) in [6.07, 6.45) is 1.77. The number of hydrogen-bond donors (Lipinski definition) is 1. The van der Waals surface area contributed by atoms with Crippen LogP contribution in [0.5, 0.6) is 11.5 Å². The lowest BCUT2D eigenvalue weighted by atomic mass is 10.0. The van der Waals surface area contributed by atoms with Crippen molar-refractivity contribution >= 4 is 35.3 Å². The van der Waals surface area contributed by atoms with Crippen LogP contribution < -0.4 is 14.9 Å². The van der Waals surface area contributed by atoms with Crippen LogP contribution >= 0.6 is 23.2 Å². The number of aryl methyl sites for hydroxylation is 2. The second kappa shape index (κ2) is 11.7. The van der Waals surface area contributed by atoms with E-state index in [4.69, 9.17) is 32.7 Å². The number of halogens is 2. The van der Waals surface area contributed by atoms with Crippen molar-refractivity contribution in [3.63, 3.8) is 0 Å². The summed E-state index contributed by atoms with van der Waals surface area (Å²) in [5.41, 5.74) is 7.28. The molecule has 0 bridgehead atoms. The summed E-state index contributed by atoms with van der Waals surface area (Å²) >= 11 is 12.7. The number of hydrazone groups is 1. The highest BCUT2D eigenvalue weighted by atomic mass is 35.5. The number of nitrogens with zero attached hydrogens (tertiary/aromatic N) is 1. The molecular weight excluding hydrogens is 459 g/mol. The average molecular weight is 485 g/mol. The Kier molecular flexibility index (Phi) is 8.75. The quantitative estimate of drug-likeness (QED) is 0.287. The predicted molar refractivity (Wildman–Crippen MR) is 134 cm³/mol. The summed E-state index contributed by atoms with van der Waals surface area (Å²) in [7, 11) is 0. The van der Waals surface area contributed by atoms with E-state index in [0.29, 0.717) is 33.7 Å². The van der Waals surface area contributed by atoms with Crippen LogP contribution in [0.1, 0.15) is 34.7 Å². The molecule has 0 saturated carbocycles. The first kappa shape index (κ1) is 24.6. The van der Waals surface area contributed by atoms with Gasteiger partial charge >= 0.3 is 0 Å². The zero-order valence-corrected chi connectivity index (χ0v) is 20.3. The maximum atomic E-state index is 12.3. The molecule has 0 saturated heterocycles. The van der Waals surface area contributed by atoms with E-state index in [1.54, 1.807) is 18.2 Å². The lowest BCUT2D eigenvalue weighted by Gasteiger charge is -2.15. The van der Waals surface area contributed by atoms with Crippen LogP contribution in [-0.4, -0.2) is 18.7 Å². The molecule has 0 atom stereocenters. The van der Waals surface area contributed by atoms with Crippen molar-refractivity contribution < 1.29 is 14.3 Å². The Morgan fingerprint density at radius 3 is 2.52 bits per heavy atom. The number of carbonyl (C=O) groups is 1. The fourth-order valence-electron chi connectivity index (χ4n) is 3.27. The van der Waals surface area contributed by atoms with Crippen LogP contribution in [0.15, 0.2) is 59.7 Å². The summed E-state index contributed by atoms with van der Waals surface area (Å²) in [5.74, 6) is 0.712. The van der Waals surface area contributed by atoms with Gasteiger partial charge < -0.3 is 9.47 Å². The van der Waals surface area contributed by atoms with E-state index in [2.05, 4.69) is 16.6 Å². The smallest absolute Gasteiger partial charge is 0.244 e. The van der Waals surface area contributed by atoms with Gasteiger partial charge in [0.2, 0.25) is 5.91 Å². The Bertz CT molecular complexity index is 1160. The lowest BCUT2D eigenvalue weighted by Crippen LogP contribution is -2.20. The Labute approximate surface area is 204 Å². The normalized spacial score (nSPS) is 10.9. The van der Waals surface area contributed by atoms with E-state index in [1.165, 1.54) is 6.21 Å². The number of amides is 1. The Morgan fingerprint density at radius 1 is 1.00 bits per heavy atom. The van der Waals surface area contributed by atoms with Crippen molar-refractivity contribution in [1.82, 2.24) is 5.43 Å². The molecule has 5 nitrogen and oxygen atoms in total. The predicted octanol–water partition coefficient (Wildman–Crippen LogP) is 6.28. The lowest BCUT2D eigenvalue weighted by molar-refractivity contribution is -0.120. The number of hydrogen-bond acceptors (Lipinski definition) is 4. The summed E-state index contributed by atoms with van der Waals surface area (Å²) in [6.45, 7) is 6.58. The SMILES string of the molecule is CCOc1cc(/C=N/NC(=O)Cc2ccc(C)cc2C)cc(Cl)c1OCc1ccccc1Cl. The minimum atomic E-state index is -0.200. The minimum Gasteiger partial charge on any atom is -0.490 e. The van der Waals surface area contributed by atoms with Gasteiger partial charge in [0.05, 0.1) is 24.3 Å². The second-order valence-electron chi connectivity index (χ2n) is 7.54. The topological polar surface area (TPSA) is 59.9 Å². The van der Waals surface area contributed by atoms with Crippen LogP contribution in [0.4, 0.5) is 0 Å². The van der Waals surface area contributed by atoms with Gasteiger partial charge in [-0.2, -0.15) is 5.10 Å². The summed E-state index contributed by atoms with van der Waals surface area (Å²) in [6, 6.07) is 16.9. The zero-order valence-electron chi connectivity index (χ0n) is 18.8. The standard InChI is InChI=1S/C26H26Cl2N2O3/c1-4-32-24-13-19(12-23(28)26(24)33-16-21-7-5-6-8-22(21)27)15-29-30-25(31)14-20-10-9-17(2)11-18(20)3/h5-13,15H,4,14,16H2,1-3H3,(H,30,31)/b29-15+. The first-order valence-corrected chi connectivity index (χ1v) is 11.3. The molecule has 0 heterocycles. The molecular formula is C26H26Cl2N2O3. The zero-order chi connectivity index (χ0) is 23.8. The van der Waals surface area contributed by atoms with Crippen LogP contribution in [0.25, 0.3) is 0 Å². The van der Waals surface area contributed by atoms with Crippen molar-refractivity contribution in [2.24, 2.45) is 5.10 Å². The van der Waals surface area contributed by atoms with Crippen molar-refractivity contribution in [2.45, 2.75) is 33.8 Å². The number of nitrogens with one attached hydrogen (secondary N) is 1. The van der Waals surface area contributed by atoms with E-state index in [1.807, 2.05) is 51.1 Å². The Balaban J connectivity index is 1.68. The van der Waals surface area contributed by atoms with Gasteiger partial charge in [0.25, 0.3) is 0 Å². The molecule has 7 heteroatoms. The first-order chi connectivity index (χ1) is 15.9. The largest absolute Gasteiger partial charge is 0.490 e. The molecule has 3 rings (SSSR count). The maximum absolute atomic E-state index is 12.3. The number of ether oxygens (including phenoxy) is 2. The first-order valence-electron chi connectivity index (χ1n) is 10.6. The van der Waals surface area contributed by atoms with Crippen molar-refractivity contribution in [3.05, 3.63) is 92.5 Å². The van der Waals surface area contributed by atoms with Crippen molar-refractivity contribution in [3.8, 4) is 11.5 Å². The molecule has 0 unspecified atom stereocenters. The molecule has 0 aliphatic rings. The Hall–Kier alpha value is -3.02. The van der Waals surface area contributed by atoms with Crippen molar-refractivity contribution in [1.29, 1.82) is 0 Å². The van der Waals surface area contributed by atoms with Crippen LogP contribution in [0.3, 0.4) is 0 Å². The van der Waals surface area contributed by atoms with Gasteiger partial charge in [-0.15, -0.1) is 0 Å². The fourth-order valence-corrected chi connectivity index (χ4v) is 3.73. The third kappa shape index (κ3) is 6.98. The van der Waals surface area contributed by atoms with E-state index < -0.39 is 0 Å². The van der Waals surface area contributed by atoms with Gasteiger partial charge in [0.15, 0.2) is 11.5 Å². The summed E-state index contributed by atoms with van der Waals surface area (Å²) < 4.78 is 11.6. The molecule has 172 valence electrons. The molecule has 0 radical (unpaired) electrons. The molecule has 0 aliphatic heterocycles. The van der Waals surface area contributed by atoms with Gasteiger partial charge in [-0.25, -0.2) is 5.43 Å². The average Bonchev–Trinajstić information content (AvgIpc) is 2.76. The second-order valence-corrected chi connectivity index (χ2v) is 8.36. The molecule has 0 spiro atoms. The summed E-state index contributed by atoms with van der Waals surface area (Å²) in [4.78, 5) is 12.3. The van der Waals surface area contributed by atoms with Crippen LogP contribution in [-0.2, 0) is 17.8 Å². The molecule has 3 aromatic carbocycles. The third-order valence-electron chi connectivity index (χ3n) is 4.91. The molecule has 1 N–H and O–H groups in total. The molecule has 3 aromatic rings. The van der Waals surface area contributed by atoms with Gasteiger partial charge in [-0.1, -0.05) is 65.2 Å². The van der Waals surface area contributed by atoms with E-state index in [9.17, 15) is 4.79 Å². The maximum Gasteiger partial charge on any atom is 0.244 e. The molecule has 0 aromatic heterocycles. The van der Waals surface area contributed by atoms with E-state index >= 15 is 0 Å². The van der Waals surface area contributed by atoms with Crippen LogP contribution in [0, 0.1) is 13.8 Å². The van der Waals surface area contributed by atoms with Crippen LogP contribution in [0.2, 0.25) is 10.0 Å².